The predicted octanol–water partition coefficient (Wildman–Crippen LogP) is 2.61. The van der Waals surface area contributed by atoms with Gasteiger partial charge in [-0.05, 0) is 23.1 Å². The van der Waals surface area contributed by atoms with Gasteiger partial charge in [0, 0.05) is 11.6 Å². The van der Waals surface area contributed by atoms with Gasteiger partial charge in [0.25, 0.3) is 0 Å². The average molecular weight is 265 g/mol. The lowest BCUT2D eigenvalue weighted by Crippen LogP contribution is -2.13. The second kappa shape index (κ2) is 4.57. The molecule has 0 aliphatic heterocycles. The topological polar surface area (TPSA) is 60.2 Å². The van der Waals surface area contributed by atoms with Gasteiger partial charge in [0.15, 0.2) is 10.7 Å². The molecule has 1 aromatic heterocycles. The molecule has 2 rings (SSSR count). The third-order valence-corrected chi connectivity index (χ3v) is 3.44. The Morgan fingerprint density at radius 2 is 1.89 bits per heavy atom. The van der Waals surface area contributed by atoms with Crippen LogP contribution in [-0.4, -0.2) is 13.6 Å². The first-order valence-corrected chi connectivity index (χ1v) is 6.77. The van der Waals surface area contributed by atoms with Crippen molar-refractivity contribution >= 4 is 10.7 Å². The molecule has 0 saturated carbocycles. The van der Waals surface area contributed by atoms with E-state index in [4.69, 9.17) is 4.52 Å². The van der Waals surface area contributed by atoms with Crippen molar-refractivity contribution in [2.75, 3.05) is 0 Å². The lowest BCUT2D eigenvalue weighted by atomic mass is 9.83. The summed E-state index contributed by atoms with van der Waals surface area (Å²) in [6.45, 7) is 6.22. The molecule has 18 heavy (non-hydrogen) atoms. The van der Waals surface area contributed by atoms with E-state index in [1.807, 2.05) is 6.07 Å². The zero-order chi connectivity index (χ0) is 13.3. The third-order valence-electron chi connectivity index (χ3n) is 2.74. The molecule has 5 heteroatoms. The summed E-state index contributed by atoms with van der Waals surface area (Å²) in [4.78, 5) is 0.288. The van der Waals surface area contributed by atoms with Crippen molar-refractivity contribution in [1.82, 2.24) is 5.16 Å². The molecule has 0 fully saturated rings. The van der Waals surface area contributed by atoms with E-state index in [-0.39, 0.29) is 10.3 Å². The van der Waals surface area contributed by atoms with Crippen LogP contribution in [0.3, 0.4) is 0 Å². The van der Waals surface area contributed by atoms with E-state index >= 15 is 0 Å². The van der Waals surface area contributed by atoms with Crippen LogP contribution in [0.15, 0.2) is 39.9 Å². The van der Waals surface area contributed by atoms with Gasteiger partial charge in [-0.1, -0.05) is 32.0 Å². The van der Waals surface area contributed by atoms with Gasteiger partial charge in [-0.2, -0.15) is 0 Å². The monoisotopic (exact) mass is 265 g/mol. The quantitative estimate of drug-likeness (QED) is 0.848. The van der Waals surface area contributed by atoms with Crippen molar-refractivity contribution in [2.45, 2.75) is 31.1 Å². The van der Waals surface area contributed by atoms with Gasteiger partial charge in [0.2, 0.25) is 0 Å². The first kappa shape index (κ1) is 12.8. The molecule has 0 aliphatic rings. The molecule has 0 aliphatic carbocycles. The summed E-state index contributed by atoms with van der Waals surface area (Å²) in [5.41, 5.74) is 2.39. The number of nitrogens with zero attached hydrogens (tertiary/aromatic N) is 1. The Bertz CT molecular complexity index is 614. The summed E-state index contributed by atoms with van der Waals surface area (Å²) in [5, 5.41) is 3.89. The largest absolute Gasteiger partial charge is 0.364 e. The van der Waals surface area contributed by atoms with Gasteiger partial charge >= 0.3 is 0 Å². The van der Waals surface area contributed by atoms with E-state index < -0.39 is 10.7 Å². The molecule has 0 spiro atoms. The molecule has 0 saturated heterocycles. The van der Waals surface area contributed by atoms with E-state index in [2.05, 4.69) is 25.9 Å². The lowest BCUT2D eigenvalue weighted by molar-refractivity contribution is 0.422. The Morgan fingerprint density at radius 3 is 2.39 bits per heavy atom. The Hall–Kier alpha value is -1.62. The fourth-order valence-electron chi connectivity index (χ4n) is 1.86. The lowest BCUT2D eigenvalue weighted by Gasteiger charge is -2.22. The Balaban J connectivity index is 2.69. The minimum Gasteiger partial charge on any atom is -0.364 e. The summed E-state index contributed by atoms with van der Waals surface area (Å²) in [7, 11) is -2.59. The van der Waals surface area contributed by atoms with Gasteiger partial charge in [-0.25, -0.2) is 8.42 Å². The highest BCUT2D eigenvalue weighted by Crippen LogP contribution is 2.33. The molecule has 96 valence electrons. The van der Waals surface area contributed by atoms with E-state index in [1.165, 1.54) is 6.26 Å². The molecule has 4 nitrogen and oxygen atoms in total. The van der Waals surface area contributed by atoms with Crippen LogP contribution in [0.2, 0.25) is 0 Å². The molecule has 0 bridgehead atoms. The molecular weight excluding hydrogens is 250 g/mol. The van der Waals surface area contributed by atoms with Crippen molar-refractivity contribution in [3.05, 3.63) is 36.1 Å². The smallest absolute Gasteiger partial charge is 0.168 e. The van der Waals surface area contributed by atoms with Crippen LogP contribution in [0.1, 0.15) is 26.3 Å². The molecule has 1 heterocycles. The predicted molar refractivity (Wildman–Crippen MR) is 69.2 cm³/mol. The zero-order valence-corrected chi connectivity index (χ0v) is 11.4. The van der Waals surface area contributed by atoms with E-state index in [0.717, 1.165) is 11.1 Å². The molecule has 1 aromatic carbocycles. The van der Waals surface area contributed by atoms with Crippen molar-refractivity contribution in [3.8, 4) is 11.3 Å². The van der Waals surface area contributed by atoms with Crippen LogP contribution in [0, 0.1) is 0 Å². The summed E-state index contributed by atoms with van der Waals surface area (Å²) in [5.74, 6) is 0. The number of thiol groups is 1. The minimum atomic E-state index is -2.59. The van der Waals surface area contributed by atoms with Crippen LogP contribution in [-0.2, 0) is 16.1 Å². The maximum Gasteiger partial charge on any atom is 0.168 e. The first-order valence-electron chi connectivity index (χ1n) is 5.59. The van der Waals surface area contributed by atoms with Crippen molar-refractivity contribution < 1.29 is 12.9 Å². The Morgan fingerprint density at radius 1 is 1.17 bits per heavy atom. The van der Waals surface area contributed by atoms with Crippen molar-refractivity contribution in [2.24, 2.45) is 0 Å². The highest BCUT2D eigenvalue weighted by atomic mass is 32.2. The van der Waals surface area contributed by atoms with Gasteiger partial charge < -0.3 is 4.52 Å². The van der Waals surface area contributed by atoms with E-state index in [9.17, 15) is 8.42 Å². The van der Waals surface area contributed by atoms with Crippen LogP contribution in [0.4, 0.5) is 0 Å². The molecule has 0 radical (unpaired) electrons. The second-order valence-corrected chi connectivity index (χ2v) is 6.15. The summed E-state index contributed by atoms with van der Waals surface area (Å²) in [6, 6.07) is 6.83. The molecule has 0 unspecified atom stereocenters. The minimum absolute atomic E-state index is 0.0959. The second-order valence-electron chi connectivity index (χ2n) is 5.12. The van der Waals surface area contributed by atoms with Crippen LogP contribution in [0.25, 0.3) is 11.3 Å². The zero-order valence-electron chi connectivity index (χ0n) is 10.5. The SMILES string of the molecule is CC(C)(C)c1ccc([SH](=O)=O)cc1-c1ccon1. The standard InChI is InChI=1S/C13H15NO3S/c1-13(2,3)11-5-4-9(18(15)16)8-10(11)12-6-7-17-14-12/h4-8,18H,1-3H3. The summed E-state index contributed by atoms with van der Waals surface area (Å²) >= 11 is 0. The van der Waals surface area contributed by atoms with Gasteiger partial charge in [0.1, 0.15) is 12.0 Å². The van der Waals surface area contributed by atoms with Gasteiger partial charge in [-0.3, -0.25) is 0 Å². The molecule has 0 amide bonds. The fraction of sp³-hybridized carbons (Fsp3) is 0.308. The summed E-state index contributed by atoms with van der Waals surface area (Å²) in [6.07, 6.45) is 1.48. The first-order chi connectivity index (χ1) is 8.39. The van der Waals surface area contributed by atoms with Crippen LogP contribution >= 0.6 is 0 Å². The molecular formula is C13H15NO3S. The highest BCUT2D eigenvalue weighted by molar-refractivity contribution is 7.72. The molecule has 0 atom stereocenters. The van der Waals surface area contributed by atoms with Crippen molar-refractivity contribution in [1.29, 1.82) is 0 Å². The Kier molecular flexibility index (Phi) is 3.26. The van der Waals surface area contributed by atoms with Crippen LogP contribution in [0.5, 0.6) is 0 Å². The third kappa shape index (κ3) is 2.46. The number of rotatable bonds is 2. The molecule has 2 aromatic rings. The van der Waals surface area contributed by atoms with Crippen LogP contribution < -0.4 is 0 Å². The highest BCUT2D eigenvalue weighted by Gasteiger charge is 2.20. The fourth-order valence-corrected chi connectivity index (χ4v) is 2.29. The van der Waals surface area contributed by atoms with E-state index in [1.54, 1.807) is 18.2 Å². The molecule has 0 N–H and O–H groups in total. The number of benzene rings is 1. The summed E-state index contributed by atoms with van der Waals surface area (Å²) < 4.78 is 27.0. The number of hydrogen-bond donors (Lipinski definition) is 1. The maximum absolute atomic E-state index is 11.1. The number of aromatic nitrogens is 1. The van der Waals surface area contributed by atoms with Crippen molar-refractivity contribution in [3.63, 3.8) is 0 Å². The normalized spacial score (nSPS) is 12.0. The average Bonchev–Trinajstić information content (AvgIpc) is 2.80. The maximum atomic E-state index is 11.1. The van der Waals surface area contributed by atoms with Gasteiger partial charge in [0.05, 0.1) is 4.90 Å². The number of hydrogen-bond acceptors (Lipinski definition) is 4. The Labute approximate surface area is 108 Å². The van der Waals surface area contributed by atoms with Gasteiger partial charge in [-0.15, -0.1) is 0 Å². The van der Waals surface area contributed by atoms with E-state index in [0.29, 0.717) is 5.69 Å².